The van der Waals surface area contributed by atoms with Crippen LogP contribution in [0, 0.1) is 16.0 Å². The van der Waals surface area contributed by atoms with E-state index in [0.717, 1.165) is 25.7 Å². The topological polar surface area (TPSA) is 102 Å². The standard InChI is InChI=1S/C20H25N3O5/c1-12-7-6-8-14(11-12)28-19(24)17-13(2)22(3)20(25)21-18(17)15-9-4-5-10-16(15)23(26)27/h4-5,9-10,12,14,18H,6-8,11H2,1-3H3,(H,21,25)/t12-,14-,18+/m1/s1. The largest absolute Gasteiger partial charge is 0.459 e. The van der Waals surface area contributed by atoms with Crippen molar-refractivity contribution in [2.75, 3.05) is 7.05 Å². The first-order chi connectivity index (χ1) is 13.3. The van der Waals surface area contributed by atoms with Gasteiger partial charge in [-0.2, -0.15) is 0 Å². The van der Waals surface area contributed by atoms with Gasteiger partial charge in [-0.3, -0.25) is 10.1 Å². The molecule has 0 saturated heterocycles. The summed E-state index contributed by atoms with van der Waals surface area (Å²) in [6, 6.07) is 4.75. The smallest absolute Gasteiger partial charge is 0.338 e. The number of para-hydroxylation sites is 1. The van der Waals surface area contributed by atoms with E-state index in [2.05, 4.69) is 12.2 Å². The van der Waals surface area contributed by atoms with Crippen molar-refractivity contribution >= 4 is 17.7 Å². The lowest BCUT2D eigenvalue weighted by Gasteiger charge is -2.34. The van der Waals surface area contributed by atoms with Gasteiger partial charge in [0.1, 0.15) is 6.10 Å². The lowest BCUT2D eigenvalue weighted by Crippen LogP contribution is -2.46. The molecule has 0 unspecified atom stereocenters. The number of rotatable bonds is 4. The van der Waals surface area contributed by atoms with Crippen molar-refractivity contribution in [3.63, 3.8) is 0 Å². The van der Waals surface area contributed by atoms with Crippen molar-refractivity contribution in [2.24, 2.45) is 5.92 Å². The Bertz CT molecular complexity index is 835. The van der Waals surface area contributed by atoms with Crippen LogP contribution >= 0.6 is 0 Å². The summed E-state index contributed by atoms with van der Waals surface area (Å²) in [6.07, 6.45) is 3.55. The van der Waals surface area contributed by atoms with Gasteiger partial charge >= 0.3 is 12.0 Å². The van der Waals surface area contributed by atoms with Gasteiger partial charge in [0.25, 0.3) is 5.69 Å². The van der Waals surface area contributed by atoms with Gasteiger partial charge in [-0.05, 0) is 38.2 Å². The van der Waals surface area contributed by atoms with Gasteiger partial charge in [0.05, 0.1) is 22.1 Å². The van der Waals surface area contributed by atoms with E-state index in [1.807, 2.05) is 0 Å². The fourth-order valence-corrected chi connectivity index (χ4v) is 3.93. The summed E-state index contributed by atoms with van der Waals surface area (Å²) >= 11 is 0. The van der Waals surface area contributed by atoms with Crippen LogP contribution < -0.4 is 5.32 Å². The van der Waals surface area contributed by atoms with E-state index in [9.17, 15) is 19.7 Å². The molecule has 1 aliphatic heterocycles. The average molecular weight is 387 g/mol. The van der Waals surface area contributed by atoms with Gasteiger partial charge < -0.3 is 15.0 Å². The summed E-state index contributed by atoms with van der Waals surface area (Å²) < 4.78 is 5.76. The summed E-state index contributed by atoms with van der Waals surface area (Å²) in [5.74, 6) is -0.0482. The molecule has 2 aliphatic rings. The van der Waals surface area contributed by atoms with Gasteiger partial charge in [0.15, 0.2) is 0 Å². The second-order valence-corrected chi connectivity index (χ2v) is 7.56. The van der Waals surface area contributed by atoms with Gasteiger partial charge in [-0.1, -0.05) is 25.5 Å². The molecule has 150 valence electrons. The zero-order valence-electron chi connectivity index (χ0n) is 16.3. The molecule has 3 atom stereocenters. The molecule has 1 fully saturated rings. The van der Waals surface area contributed by atoms with Crippen molar-refractivity contribution in [3.8, 4) is 0 Å². The molecule has 1 aliphatic carbocycles. The second-order valence-electron chi connectivity index (χ2n) is 7.56. The highest BCUT2D eigenvalue weighted by Crippen LogP contribution is 2.36. The summed E-state index contributed by atoms with van der Waals surface area (Å²) in [7, 11) is 1.55. The monoisotopic (exact) mass is 387 g/mol. The second kappa shape index (κ2) is 8.00. The van der Waals surface area contributed by atoms with Crippen molar-refractivity contribution in [1.82, 2.24) is 10.2 Å². The van der Waals surface area contributed by atoms with E-state index >= 15 is 0 Å². The lowest BCUT2D eigenvalue weighted by molar-refractivity contribution is -0.385. The van der Waals surface area contributed by atoms with E-state index < -0.39 is 23.0 Å². The Morgan fingerprint density at radius 1 is 1.32 bits per heavy atom. The Labute approximate surface area is 163 Å². The molecule has 2 amide bonds. The number of carbonyl (C=O) groups excluding carboxylic acids is 2. The normalized spacial score (nSPS) is 25.3. The number of amides is 2. The van der Waals surface area contributed by atoms with Crippen molar-refractivity contribution in [1.29, 1.82) is 0 Å². The minimum absolute atomic E-state index is 0.151. The summed E-state index contributed by atoms with van der Waals surface area (Å²) in [6.45, 7) is 3.79. The number of benzene rings is 1. The van der Waals surface area contributed by atoms with Crippen LogP contribution in [0.15, 0.2) is 35.5 Å². The summed E-state index contributed by atoms with van der Waals surface area (Å²) in [5.41, 5.74) is 0.773. The number of esters is 1. The molecule has 28 heavy (non-hydrogen) atoms. The Morgan fingerprint density at radius 3 is 2.71 bits per heavy atom. The van der Waals surface area contributed by atoms with Crippen LogP contribution in [0.5, 0.6) is 0 Å². The molecule has 0 radical (unpaired) electrons. The third-order valence-electron chi connectivity index (χ3n) is 5.58. The first kappa shape index (κ1) is 19.9. The first-order valence-corrected chi connectivity index (χ1v) is 9.48. The molecular weight excluding hydrogens is 362 g/mol. The number of nitro benzene ring substituents is 1. The van der Waals surface area contributed by atoms with Gasteiger partial charge in [-0.15, -0.1) is 0 Å². The highest BCUT2D eigenvalue weighted by molar-refractivity contribution is 5.95. The third kappa shape index (κ3) is 3.85. The first-order valence-electron chi connectivity index (χ1n) is 9.48. The fourth-order valence-electron chi connectivity index (χ4n) is 3.93. The number of nitro groups is 1. The number of hydrogen-bond acceptors (Lipinski definition) is 5. The van der Waals surface area contributed by atoms with Gasteiger partial charge in [-0.25, -0.2) is 9.59 Å². The highest BCUT2D eigenvalue weighted by Gasteiger charge is 2.39. The maximum atomic E-state index is 13.1. The summed E-state index contributed by atoms with van der Waals surface area (Å²) in [4.78, 5) is 37.7. The molecule has 0 aromatic heterocycles. The number of allylic oxidation sites excluding steroid dienone is 1. The molecule has 1 aromatic rings. The average Bonchev–Trinajstić information content (AvgIpc) is 2.65. The Kier molecular flexibility index (Phi) is 5.67. The van der Waals surface area contributed by atoms with E-state index in [0.29, 0.717) is 11.6 Å². The Hall–Kier alpha value is -2.90. The predicted octanol–water partition coefficient (Wildman–Crippen LogP) is 3.69. The molecule has 3 rings (SSSR count). The zero-order chi connectivity index (χ0) is 20.4. The maximum absolute atomic E-state index is 13.1. The Morgan fingerprint density at radius 2 is 2.04 bits per heavy atom. The van der Waals surface area contributed by atoms with Crippen molar-refractivity contribution < 1.29 is 19.2 Å². The molecule has 0 spiro atoms. The minimum atomic E-state index is -0.932. The predicted molar refractivity (Wildman–Crippen MR) is 102 cm³/mol. The SMILES string of the molecule is CC1=C(C(=O)O[C@@H]2CCC[C@@H](C)C2)[C@H](c2ccccc2[N+](=O)[O-])NC(=O)N1C. The molecule has 1 aromatic carbocycles. The number of ether oxygens (including phenoxy) is 1. The van der Waals surface area contributed by atoms with Crippen LogP contribution in [-0.2, 0) is 9.53 Å². The van der Waals surface area contributed by atoms with E-state index in [1.54, 1.807) is 32.2 Å². The molecule has 8 heteroatoms. The van der Waals surface area contributed by atoms with Crippen molar-refractivity contribution in [3.05, 3.63) is 51.2 Å². The number of urea groups is 1. The quantitative estimate of drug-likeness (QED) is 0.482. The lowest BCUT2D eigenvalue weighted by atomic mass is 9.88. The number of carbonyl (C=O) groups is 2. The molecule has 1 heterocycles. The van der Waals surface area contributed by atoms with Crippen LogP contribution in [0.2, 0.25) is 0 Å². The van der Waals surface area contributed by atoms with E-state index in [1.165, 1.54) is 11.0 Å². The number of nitrogens with zero attached hydrogens (tertiary/aromatic N) is 2. The van der Waals surface area contributed by atoms with Crippen LogP contribution in [0.25, 0.3) is 0 Å². The third-order valence-corrected chi connectivity index (χ3v) is 5.58. The molecule has 0 bridgehead atoms. The van der Waals surface area contributed by atoms with Crippen molar-refractivity contribution in [2.45, 2.75) is 51.7 Å². The fraction of sp³-hybridized carbons (Fsp3) is 0.500. The molecule has 8 nitrogen and oxygen atoms in total. The van der Waals surface area contributed by atoms with E-state index in [4.69, 9.17) is 4.74 Å². The number of nitrogens with one attached hydrogen (secondary N) is 1. The summed E-state index contributed by atoms with van der Waals surface area (Å²) in [5, 5.41) is 14.2. The number of hydrogen-bond donors (Lipinski definition) is 1. The highest BCUT2D eigenvalue weighted by atomic mass is 16.6. The van der Waals surface area contributed by atoms with E-state index in [-0.39, 0.29) is 22.9 Å². The molecular formula is C20H25N3O5. The Balaban J connectivity index is 1.98. The maximum Gasteiger partial charge on any atom is 0.338 e. The van der Waals surface area contributed by atoms with Crippen LogP contribution in [-0.4, -0.2) is 35.0 Å². The van der Waals surface area contributed by atoms with Crippen LogP contribution in [0.3, 0.4) is 0 Å². The van der Waals surface area contributed by atoms with Gasteiger partial charge in [0.2, 0.25) is 0 Å². The minimum Gasteiger partial charge on any atom is -0.459 e. The molecule has 1 saturated carbocycles. The van der Waals surface area contributed by atoms with Crippen LogP contribution in [0.4, 0.5) is 10.5 Å². The molecule has 1 N–H and O–H groups in total. The van der Waals surface area contributed by atoms with Gasteiger partial charge in [0, 0.05) is 18.8 Å². The van der Waals surface area contributed by atoms with Crippen LogP contribution in [0.1, 0.15) is 51.1 Å². The zero-order valence-corrected chi connectivity index (χ0v) is 16.3.